The van der Waals surface area contributed by atoms with E-state index < -0.39 is 0 Å². The second-order valence-electron chi connectivity index (χ2n) is 3.23. The lowest BCUT2D eigenvalue weighted by Gasteiger charge is -2.15. The van der Waals surface area contributed by atoms with E-state index in [0.29, 0.717) is 17.4 Å². The number of nitrogens with zero attached hydrogens (tertiary/aromatic N) is 1. The normalized spacial score (nSPS) is 12.2. The molecule has 1 unspecified atom stereocenters. The van der Waals surface area contributed by atoms with Crippen molar-refractivity contribution in [2.24, 2.45) is 0 Å². The van der Waals surface area contributed by atoms with E-state index >= 15 is 0 Å². The van der Waals surface area contributed by atoms with Gasteiger partial charge in [0.05, 0.1) is 25.4 Å². The average molecular weight is 211 g/mol. The largest absolute Gasteiger partial charge is 0.479 e. The van der Waals surface area contributed by atoms with E-state index in [0.717, 1.165) is 6.42 Å². The number of ether oxygens (including phenoxy) is 1. The Morgan fingerprint density at radius 3 is 2.87 bits per heavy atom. The van der Waals surface area contributed by atoms with Gasteiger partial charge in [0.15, 0.2) is 0 Å². The number of pyridine rings is 1. The Morgan fingerprint density at radius 1 is 1.60 bits per heavy atom. The lowest BCUT2D eigenvalue weighted by molar-refractivity contribution is 0.271. The third-order valence-electron chi connectivity index (χ3n) is 2.15. The molecule has 1 aromatic heterocycles. The summed E-state index contributed by atoms with van der Waals surface area (Å²) in [6.45, 7) is 2.06. The van der Waals surface area contributed by atoms with E-state index in [1.165, 1.54) is 7.11 Å². The molecule has 1 heterocycles. The van der Waals surface area contributed by atoms with E-state index in [9.17, 15) is 0 Å². The summed E-state index contributed by atoms with van der Waals surface area (Å²) < 4.78 is 5.00. The molecule has 1 aromatic rings. The maximum absolute atomic E-state index is 9.02. The van der Waals surface area contributed by atoms with Crippen molar-refractivity contribution < 1.29 is 9.84 Å². The van der Waals surface area contributed by atoms with Gasteiger partial charge in [-0.15, -0.1) is 0 Å². The molecular formula is C10H17N3O2. The van der Waals surface area contributed by atoms with Crippen molar-refractivity contribution >= 4 is 11.5 Å². The van der Waals surface area contributed by atoms with Crippen molar-refractivity contribution in [3.8, 4) is 5.88 Å². The first-order valence-corrected chi connectivity index (χ1v) is 4.89. The van der Waals surface area contributed by atoms with Crippen LogP contribution in [-0.2, 0) is 0 Å². The number of hydrogen-bond acceptors (Lipinski definition) is 5. The van der Waals surface area contributed by atoms with Crippen molar-refractivity contribution in [3.05, 3.63) is 12.1 Å². The number of nitrogen functional groups attached to an aromatic ring is 1. The summed E-state index contributed by atoms with van der Waals surface area (Å²) in [6, 6.07) is 3.49. The molecule has 0 bridgehead atoms. The Bertz CT molecular complexity index is 314. The maximum atomic E-state index is 9.02. The van der Waals surface area contributed by atoms with Crippen LogP contribution >= 0.6 is 0 Å². The van der Waals surface area contributed by atoms with Gasteiger partial charge in [-0.05, 0) is 18.6 Å². The number of methoxy groups -OCH3 is 1. The van der Waals surface area contributed by atoms with Crippen LogP contribution in [-0.4, -0.2) is 29.8 Å². The predicted octanol–water partition coefficient (Wildman–Crippen LogP) is 0.855. The van der Waals surface area contributed by atoms with Crippen molar-refractivity contribution in [1.82, 2.24) is 4.98 Å². The fourth-order valence-electron chi connectivity index (χ4n) is 1.18. The summed E-state index contributed by atoms with van der Waals surface area (Å²) in [4.78, 5) is 4.16. The van der Waals surface area contributed by atoms with Crippen LogP contribution in [0.2, 0.25) is 0 Å². The highest BCUT2D eigenvalue weighted by Gasteiger charge is 2.07. The zero-order valence-electron chi connectivity index (χ0n) is 9.03. The summed E-state index contributed by atoms with van der Waals surface area (Å²) >= 11 is 0. The van der Waals surface area contributed by atoms with E-state index in [2.05, 4.69) is 10.3 Å². The summed E-state index contributed by atoms with van der Waals surface area (Å²) in [6.07, 6.45) is 0.824. The van der Waals surface area contributed by atoms with Gasteiger partial charge in [-0.25, -0.2) is 0 Å². The van der Waals surface area contributed by atoms with Crippen LogP contribution in [0.1, 0.15) is 13.3 Å². The van der Waals surface area contributed by atoms with E-state index in [-0.39, 0.29) is 12.6 Å². The zero-order chi connectivity index (χ0) is 11.3. The molecule has 0 fully saturated rings. The highest BCUT2D eigenvalue weighted by atomic mass is 16.5. The molecule has 1 atom stereocenters. The van der Waals surface area contributed by atoms with Gasteiger partial charge in [-0.1, -0.05) is 6.92 Å². The van der Waals surface area contributed by atoms with Gasteiger partial charge < -0.3 is 20.9 Å². The molecule has 4 N–H and O–H groups in total. The van der Waals surface area contributed by atoms with E-state index in [1.807, 2.05) is 6.92 Å². The summed E-state index contributed by atoms with van der Waals surface area (Å²) in [5.41, 5.74) is 6.13. The van der Waals surface area contributed by atoms with Crippen molar-refractivity contribution in [2.45, 2.75) is 19.4 Å². The van der Waals surface area contributed by atoms with Crippen LogP contribution in [0.3, 0.4) is 0 Å². The second kappa shape index (κ2) is 5.41. The summed E-state index contributed by atoms with van der Waals surface area (Å²) in [5, 5.41) is 12.1. The first kappa shape index (κ1) is 11.6. The first-order chi connectivity index (χ1) is 7.21. The number of anilines is 2. The molecule has 1 rings (SSSR count). The standard InChI is InChI=1S/C10H17N3O2/c1-3-7(6-14)12-9-5-4-8(11)10(13-9)15-2/h4-5,7,14H,3,6,11H2,1-2H3,(H,12,13). The molecule has 0 aliphatic heterocycles. The highest BCUT2D eigenvalue weighted by molar-refractivity contribution is 5.53. The summed E-state index contributed by atoms with van der Waals surface area (Å²) in [5.74, 6) is 1.05. The van der Waals surface area contributed by atoms with Crippen molar-refractivity contribution in [3.63, 3.8) is 0 Å². The van der Waals surface area contributed by atoms with Crippen LogP contribution in [0.25, 0.3) is 0 Å². The molecule has 0 amide bonds. The van der Waals surface area contributed by atoms with Crippen molar-refractivity contribution in [1.29, 1.82) is 0 Å². The number of nitrogens with one attached hydrogen (secondary N) is 1. The number of aliphatic hydroxyl groups is 1. The van der Waals surface area contributed by atoms with Gasteiger partial charge in [0.1, 0.15) is 5.82 Å². The average Bonchev–Trinajstić information content (AvgIpc) is 2.28. The first-order valence-electron chi connectivity index (χ1n) is 4.89. The van der Waals surface area contributed by atoms with Crippen LogP contribution in [0.15, 0.2) is 12.1 Å². The molecule has 0 saturated carbocycles. The van der Waals surface area contributed by atoms with E-state index in [4.69, 9.17) is 15.6 Å². The Hall–Kier alpha value is -1.49. The summed E-state index contributed by atoms with van der Waals surface area (Å²) in [7, 11) is 1.52. The molecule has 0 saturated heterocycles. The second-order valence-corrected chi connectivity index (χ2v) is 3.23. The minimum absolute atomic E-state index is 0.00540. The predicted molar refractivity (Wildman–Crippen MR) is 60.0 cm³/mol. The monoisotopic (exact) mass is 211 g/mol. The molecule has 0 aromatic carbocycles. The molecule has 5 heteroatoms. The number of rotatable bonds is 5. The van der Waals surface area contributed by atoms with E-state index in [1.54, 1.807) is 12.1 Å². The third-order valence-corrected chi connectivity index (χ3v) is 2.15. The molecular weight excluding hydrogens is 194 g/mol. The third kappa shape index (κ3) is 2.99. The van der Waals surface area contributed by atoms with Gasteiger partial charge in [-0.3, -0.25) is 0 Å². The maximum Gasteiger partial charge on any atom is 0.238 e. The molecule has 5 nitrogen and oxygen atoms in total. The fourth-order valence-corrected chi connectivity index (χ4v) is 1.18. The molecule has 0 aliphatic carbocycles. The number of nitrogens with two attached hydrogens (primary N) is 1. The Morgan fingerprint density at radius 2 is 2.33 bits per heavy atom. The Labute approximate surface area is 89.3 Å². The zero-order valence-corrected chi connectivity index (χ0v) is 9.03. The van der Waals surface area contributed by atoms with Gasteiger partial charge in [-0.2, -0.15) is 4.98 Å². The van der Waals surface area contributed by atoms with Gasteiger partial charge in [0.2, 0.25) is 5.88 Å². The van der Waals surface area contributed by atoms with Gasteiger partial charge >= 0.3 is 0 Å². The van der Waals surface area contributed by atoms with Gasteiger partial charge in [0.25, 0.3) is 0 Å². The minimum atomic E-state index is 0.00540. The van der Waals surface area contributed by atoms with Crippen LogP contribution in [0.5, 0.6) is 5.88 Å². The molecule has 84 valence electrons. The minimum Gasteiger partial charge on any atom is -0.479 e. The SMILES string of the molecule is CCC(CO)Nc1ccc(N)c(OC)n1. The number of hydrogen-bond donors (Lipinski definition) is 3. The highest BCUT2D eigenvalue weighted by Crippen LogP contribution is 2.20. The fraction of sp³-hybridized carbons (Fsp3) is 0.500. The molecule has 0 spiro atoms. The Balaban J connectivity index is 2.77. The van der Waals surface area contributed by atoms with Crippen molar-refractivity contribution in [2.75, 3.05) is 24.8 Å². The lowest BCUT2D eigenvalue weighted by Crippen LogP contribution is -2.23. The quantitative estimate of drug-likeness (QED) is 0.673. The number of aromatic nitrogens is 1. The topological polar surface area (TPSA) is 80.4 Å². The van der Waals surface area contributed by atoms with Crippen LogP contribution in [0, 0.1) is 0 Å². The lowest BCUT2D eigenvalue weighted by atomic mass is 10.2. The van der Waals surface area contributed by atoms with Crippen LogP contribution in [0.4, 0.5) is 11.5 Å². The number of aliphatic hydroxyl groups excluding tert-OH is 1. The Kier molecular flexibility index (Phi) is 4.17. The molecule has 0 aliphatic rings. The molecule has 0 radical (unpaired) electrons. The molecule has 15 heavy (non-hydrogen) atoms. The smallest absolute Gasteiger partial charge is 0.238 e. The van der Waals surface area contributed by atoms with Gasteiger partial charge in [0, 0.05) is 0 Å². The van der Waals surface area contributed by atoms with Crippen LogP contribution < -0.4 is 15.8 Å².